The van der Waals surface area contributed by atoms with Crippen LogP contribution in [0.4, 0.5) is 5.69 Å². The van der Waals surface area contributed by atoms with E-state index in [-0.39, 0.29) is 0 Å². The molecule has 1 aromatic rings. The molecule has 88 valence electrons. The van der Waals surface area contributed by atoms with Crippen LogP contribution in [0.5, 0.6) is 0 Å². The highest BCUT2D eigenvalue weighted by atomic mass is 35.5. The van der Waals surface area contributed by atoms with Gasteiger partial charge in [-0.3, -0.25) is 0 Å². The summed E-state index contributed by atoms with van der Waals surface area (Å²) in [7, 11) is 2.06. The van der Waals surface area contributed by atoms with E-state index in [4.69, 9.17) is 23.2 Å². The maximum atomic E-state index is 6.16. The summed E-state index contributed by atoms with van der Waals surface area (Å²) in [4.78, 5) is 2.18. The van der Waals surface area contributed by atoms with Crippen molar-refractivity contribution in [3.05, 3.63) is 28.2 Å². The Hall–Kier alpha value is -0.440. The van der Waals surface area contributed by atoms with Crippen LogP contribution < -0.4 is 10.2 Å². The van der Waals surface area contributed by atoms with Gasteiger partial charge in [-0.25, -0.2) is 0 Å². The van der Waals surface area contributed by atoms with Crippen LogP contribution in [-0.4, -0.2) is 26.2 Å². The van der Waals surface area contributed by atoms with Crippen molar-refractivity contribution < 1.29 is 0 Å². The van der Waals surface area contributed by atoms with Gasteiger partial charge in [-0.15, -0.1) is 0 Å². The topological polar surface area (TPSA) is 15.3 Å². The normalized spacial score (nSPS) is 20.1. The highest BCUT2D eigenvalue weighted by Gasteiger charge is 2.17. The molecule has 0 amide bonds. The number of halogens is 2. The number of hydrogen-bond acceptors (Lipinski definition) is 2. The molecule has 0 radical (unpaired) electrons. The first kappa shape index (κ1) is 12.0. The van der Waals surface area contributed by atoms with Gasteiger partial charge in [0.05, 0.1) is 10.7 Å². The molecule has 1 heterocycles. The predicted molar refractivity (Wildman–Crippen MR) is 70.8 cm³/mol. The standard InChI is InChI=1S/C12H16Cl2N2/c1-16(8-10-3-2-6-15-10)12-5-4-9(13)7-11(12)14/h4-5,7,10,15H,2-3,6,8H2,1H3. The first-order chi connectivity index (χ1) is 7.66. The fraction of sp³-hybridized carbons (Fsp3) is 0.500. The molecule has 1 fully saturated rings. The quantitative estimate of drug-likeness (QED) is 0.896. The monoisotopic (exact) mass is 258 g/mol. The second kappa shape index (κ2) is 5.26. The van der Waals surface area contributed by atoms with Gasteiger partial charge in [0.1, 0.15) is 0 Å². The van der Waals surface area contributed by atoms with Crippen LogP contribution in [0.1, 0.15) is 12.8 Å². The van der Waals surface area contributed by atoms with Crippen molar-refractivity contribution in [3.63, 3.8) is 0 Å². The molecule has 1 aliphatic rings. The number of hydrogen-bond donors (Lipinski definition) is 1. The third-order valence-corrected chi connectivity index (χ3v) is 3.52. The second-order valence-corrected chi connectivity index (χ2v) is 5.11. The van der Waals surface area contributed by atoms with Crippen LogP contribution in [0.2, 0.25) is 10.0 Å². The van der Waals surface area contributed by atoms with Crippen molar-refractivity contribution in [2.24, 2.45) is 0 Å². The first-order valence-electron chi connectivity index (χ1n) is 5.56. The van der Waals surface area contributed by atoms with Gasteiger partial charge < -0.3 is 10.2 Å². The Morgan fingerprint density at radius 1 is 1.44 bits per heavy atom. The summed E-state index contributed by atoms with van der Waals surface area (Å²) in [5.41, 5.74) is 1.04. The third kappa shape index (κ3) is 2.82. The van der Waals surface area contributed by atoms with E-state index in [9.17, 15) is 0 Å². The maximum Gasteiger partial charge on any atom is 0.0654 e. The molecule has 0 bridgehead atoms. The van der Waals surface area contributed by atoms with E-state index in [1.807, 2.05) is 12.1 Å². The summed E-state index contributed by atoms with van der Waals surface area (Å²) >= 11 is 12.0. The second-order valence-electron chi connectivity index (χ2n) is 4.27. The van der Waals surface area contributed by atoms with Crippen LogP contribution in [0.15, 0.2) is 18.2 Å². The van der Waals surface area contributed by atoms with Gasteiger partial charge in [-0.1, -0.05) is 23.2 Å². The van der Waals surface area contributed by atoms with Crippen LogP contribution in [0.3, 0.4) is 0 Å². The molecule has 2 nitrogen and oxygen atoms in total. The van der Waals surface area contributed by atoms with Crippen molar-refractivity contribution in [2.45, 2.75) is 18.9 Å². The maximum absolute atomic E-state index is 6.16. The third-order valence-electron chi connectivity index (χ3n) is 2.98. The zero-order chi connectivity index (χ0) is 11.5. The van der Waals surface area contributed by atoms with Gasteiger partial charge in [0.2, 0.25) is 0 Å². The number of rotatable bonds is 3. The smallest absolute Gasteiger partial charge is 0.0654 e. The molecule has 0 saturated carbocycles. The van der Waals surface area contributed by atoms with Gasteiger partial charge in [0.25, 0.3) is 0 Å². The number of benzene rings is 1. The molecule has 1 aromatic carbocycles. The van der Waals surface area contributed by atoms with Crippen LogP contribution in [-0.2, 0) is 0 Å². The lowest BCUT2D eigenvalue weighted by Gasteiger charge is -2.24. The highest BCUT2D eigenvalue weighted by Crippen LogP contribution is 2.28. The molecule has 0 spiro atoms. The van der Waals surface area contributed by atoms with E-state index in [0.717, 1.165) is 18.8 Å². The fourth-order valence-corrected chi connectivity index (χ4v) is 2.69. The summed E-state index contributed by atoms with van der Waals surface area (Å²) in [6.45, 7) is 2.12. The molecular formula is C12H16Cl2N2. The SMILES string of the molecule is CN(CC1CCCN1)c1ccc(Cl)cc1Cl. The average Bonchev–Trinajstić information content (AvgIpc) is 2.70. The van der Waals surface area contributed by atoms with Crippen LogP contribution in [0, 0.1) is 0 Å². The number of nitrogens with zero attached hydrogens (tertiary/aromatic N) is 1. The summed E-state index contributed by atoms with van der Waals surface area (Å²) < 4.78 is 0. The Bertz CT molecular complexity index is 362. The van der Waals surface area contributed by atoms with Crippen molar-refractivity contribution in [1.29, 1.82) is 0 Å². The lowest BCUT2D eigenvalue weighted by atomic mass is 10.2. The van der Waals surface area contributed by atoms with Crippen molar-refractivity contribution in [1.82, 2.24) is 5.32 Å². The Balaban J connectivity index is 2.04. The molecule has 4 heteroatoms. The fourth-order valence-electron chi connectivity index (χ4n) is 2.13. The lowest BCUT2D eigenvalue weighted by molar-refractivity contribution is 0.600. The van der Waals surface area contributed by atoms with E-state index in [1.54, 1.807) is 6.07 Å². The molecule has 0 aromatic heterocycles. The minimum Gasteiger partial charge on any atom is -0.372 e. The van der Waals surface area contributed by atoms with Crippen LogP contribution >= 0.6 is 23.2 Å². The molecular weight excluding hydrogens is 243 g/mol. The van der Waals surface area contributed by atoms with E-state index in [0.29, 0.717) is 16.1 Å². The van der Waals surface area contributed by atoms with Gasteiger partial charge in [0, 0.05) is 24.7 Å². The summed E-state index contributed by atoms with van der Waals surface area (Å²) in [6, 6.07) is 6.22. The number of anilines is 1. The first-order valence-corrected chi connectivity index (χ1v) is 6.32. The van der Waals surface area contributed by atoms with Crippen LogP contribution in [0.25, 0.3) is 0 Å². The van der Waals surface area contributed by atoms with Gasteiger partial charge in [0.15, 0.2) is 0 Å². The number of likely N-dealkylation sites (N-methyl/N-ethyl adjacent to an activating group) is 1. The largest absolute Gasteiger partial charge is 0.372 e. The highest BCUT2D eigenvalue weighted by molar-refractivity contribution is 6.36. The predicted octanol–water partition coefficient (Wildman–Crippen LogP) is 3.18. The van der Waals surface area contributed by atoms with E-state index in [1.165, 1.54) is 12.8 Å². The zero-order valence-corrected chi connectivity index (χ0v) is 10.9. The van der Waals surface area contributed by atoms with Crippen molar-refractivity contribution >= 4 is 28.9 Å². The number of nitrogens with one attached hydrogen (secondary N) is 1. The molecule has 1 saturated heterocycles. The Kier molecular flexibility index (Phi) is 3.95. The molecule has 1 atom stereocenters. The van der Waals surface area contributed by atoms with E-state index >= 15 is 0 Å². The Morgan fingerprint density at radius 3 is 2.88 bits per heavy atom. The summed E-state index contributed by atoms with van der Waals surface area (Å²) in [6.07, 6.45) is 2.52. The molecule has 2 rings (SSSR count). The molecule has 1 N–H and O–H groups in total. The lowest BCUT2D eigenvalue weighted by Crippen LogP contribution is -2.35. The van der Waals surface area contributed by atoms with Gasteiger partial charge in [-0.2, -0.15) is 0 Å². The summed E-state index contributed by atoms with van der Waals surface area (Å²) in [5, 5.41) is 4.87. The van der Waals surface area contributed by atoms with Gasteiger partial charge in [-0.05, 0) is 37.6 Å². The van der Waals surface area contributed by atoms with Crippen molar-refractivity contribution in [3.8, 4) is 0 Å². The molecule has 0 aliphatic carbocycles. The Labute approximate surface area is 107 Å². The molecule has 1 unspecified atom stereocenters. The zero-order valence-electron chi connectivity index (χ0n) is 9.34. The molecule has 16 heavy (non-hydrogen) atoms. The molecule has 1 aliphatic heterocycles. The van der Waals surface area contributed by atoms with E-state index in [2.05, 4.69) is 17.3 Å². The van der Waals surface area contributed by atoms with E-state index < -0.39 is 0 Å². The minimum atomic E-state index is 0.580. The average molecular weight is 259 g/mol. The Morgan fingerprint density at radius 2 is 2.25 bits per heavy atom. The van der Waals surface area contributed by atoms with Gasteiger partial charge >= 0.3 is 0 Å². The summed E-state index contributed by atoms with van der Waals surface area (Å²) in [5.74, 6) is 0. The van der Waals surface area contributed by atoms with Crippen molar-refractivity contribution in [2.75, 3.05) is 25.0 Å². The minimum absolute atomic E-state index is 0.580.